The lowest BCUT2D eigenvalue weighted by Gasteiger charge is -2.12. The normalized spacial score (nSPS) is 11.7. The van der Waals surface area contributed by atoms with Gasteiger partial charge in [-0.1, -0.05) is 60.7 Å². The first kappa shape index (κ1) is 16.0. The number of hydrogen-bond acceptors (Lipinski definition) is 1. The second-order valence-electron chi connectivity index (χ2n) is 6.85. The van der Waals surface area contributed by atoms with Gasteiger partial charge in [-0.3, -0.25) is 0 Å². The summed E-state index contributed by atoms with van der Waals surface area (Å²) in [6, 6.07) is 29.7. The Morgan fingerprint density at radius 2 is 1.30 bits per heavy atom. The van der Waals surface area contributed by atoms with E-state index in [4.69, 9.17) is 12.2 Å². The van der Waals surface area contributed by atoms with Gasteiger partial charge < -0.3 is 10.6 Å². The molecule has 5 rings (SSSR count). The van der Waals surface area contributed by atoms with Crippen molar-refractivity contribution in [3.8, 4) is 11.1 Å². The highest BCUT2D eigenvalue weighted by molar-refractivity contribution is 7.80. The Hall–Kier alpha value is -3.17. The molecule has 0 fully saturated rings. The monoisotopic (exact) mass is 366 g/mol. The van der Waals surface area contributed by atoms with E-state index in [0.29, 0.717) is 5.11 Å². The van der Waals surface area contributed by atoms with Gasteiger partial charge in [0.2, 0.25) is 0 Å². The number of benzene rings is 4. The second kappa shape index (κ2) is 6.53. The molecule has 0 aromatic heterocycles. The van der Waals surface area contributed by atoms with Gasteiger partial charge in [0.1, 0.15) is 0 Å². The van der Waals surface area contributed by atoms with Crippen LogP contribution < -0.4 is 10.6 Å². The van der Waals surface area contributed by atoms with Crippen molar-refractivity contribution in [1.29, 1.82) is 0 Å². The minimum atomic E-state index is 0.598. The van der Waals surface area contributed by atoms with E-state index < -0.39 is 0 Å². The Balaban J connectivity index is 1.33. The van der Waals surface area contributed by atoms with Crippen LogP contribution in [-0.2, 0) is 6.42 Å². The smallest absolute Gasteiger partial charge is 0.175 e. The van der Waals surface area contributed by atoms with Crippen molar-refractivity contribution < 1.29 is 0 Å². The van der Waals surface area contributed by atoms with Crippen LogP contribution >= 0.6 is 12.2 Å². The quantitative estimate of drug-likeness (QED) is 0.363. The molecule has 0 radical (unpaired) electrons. The zero-order chi connectivity index (χ0) is 18.2. The van der Waals surface area contributed by atoms with Gasteiger partial charge in [0.25, 0.3) is 0 Å². The number of anilines is 2. The van der Waals surface area contributed by atoms with Gasteiger partial charge in [-0.05, 0) is 75.9 Å². The fourth-order valence-corrected chi connectivity index (χ4v) is 4.02. The van der Waals surface area contributed by atoms with Gasteiger partial charge in [-0.2, -0.15) is 0 Å². The van der Waals surface area contributed by atoms with Crippen LogP contribution in [0, 0.1) is 0 Å². The summed E-state index contributed by atoms with van der Waals surface area (Å²) in [7, 11) is 0. The van der Waals surface area contributed by atoms with Crippen LogP contribution in [0.1, 0.15) is 11.1 Å². The summed E-state index contributed by atoms with van der Waals surface area (Å²) < 4.78 is 0. The molecule has 2 N–H and O–H groups in total. The molecule has 0 unspecified atom stereocenters. The lowest BCUT2D eigenvalue weighted by Crippen LogP contribution is -2.19. The molecule has 0 aliphatic heterocycles. The van der Waals surface area contributed by atoms with Crippen LogP contribution in [0.25, 0.3) is 21.9 Å². The van der Waals surface area contributed by atoms with Gasteiger partial charge in [0, 0.05) is 11.4 Å². The molecular formula is C24H18N2S. The molecule has 0 saturated carbocycles. The van der Waals surface area contributed by atoms with Crippen LogP contribution in [0.2, 0.25) is 0 Å². The van der Waals surface area contributed by atoms with E-state index in [1.54, 1.807) is 0 Å². The number of fused-ring (bicyclic) bond motifs is 4. The summed E-state index contributed by atoms with van der Waals surface area (Å²) in [5, 5.41) is 9.62. The van der Waals surface area contributed by atoms with Crippen LogP contribution in [0.3, 0.4) is 0 Å². The first-order valence-electron chi connectivity index (χ1n) is 9.04. The topological polar surface area (TPSA) is 24.1 Å². The molecule has 4 aromatic rings. The molecule has 130 valence electrons. The van der Waals surface area contributed by atoms with E-state index in [9.17, 15) is 0 Å². The fraction of sp³-hybridized carbons (Fsp3) is 0.0417. The molecule has 27 heavy (non-hydrogen) atoms. The molecule has 4 aromatic carbocycles. The first-order chi connectivity index (χ1) is 13.3. The summed E-state index contributed by atoms with van der Waals surface area (Å²) in [5.74, 6) is 0. The van der Waals surface area contributed by atoms with Crippen molar-refractivity contribution >= 4 is 39.5 Å². The molecule has 0 amide bonds. The largest absolute Gasteiger partial charge is 0.332 e. The van der Waals surface area contributed by atoms with E-state index in [1.165, 1.54) is 33.0 Å². The highest BCUT2D eigenvalue weighted by Gasteiger charge is 2.17. The van der Waals surface area contributed by atoms with E-state index in [0.717, 1.165) is 17.8 Å². The Labute approximate surface area is 163 Å². The van der Waals surface area contributed by atoms with Crippen molar-refractivity contribution in [2.45, 2.75) is 6.42 Å². The van der Waals surface area contributed by atoms with Crippen molar-refractivity contribution in [3.05, 3.63) is 96.1 Å². The Kier molecular flexibility index (Phi) is 3.88. The molecule has 0 spiro atoms. The predicted molar refractivity (Wildman–Crippen MR) is 118 cm³/mol. The number of thiocarbonyl (C=S) groups is 1. The molecule has 2 nitrogen and oxygen atoms in total. The minimum Gasteiger partial charge on any atom is -0.332 e. The third-order valence-electron chi connectivity index (χ3n) is 5.06. The summed E-state index contributed by atoms with van der Waals surface area (Å²) in [6.45, 7) is 0. The van der Waals surface area contributed by atoms with E-state index in [-0.39, 0.29) is 0 Å². The zero-order valence-corrected chi connectivity index (χ0v) is 15.5. The highest BCUT2D eigenvalue weighted by Crippen LogP contribution is 2.37. The van der Waals surface area contributed by atoms with E-state index in [2.05, 4.69) is 83.4 Å². The van der Waals surface area contributed by atoms with Crippen LogP contribution in [0.5, 0.6) is 0 Å². The van der Waals surface area contributed by atoms with Gasteiger partial charge in [0.15, 0.2) is 5.11 Å². The van der Waals surface area contributed by atoms with Crippen LogP contribution in [0.4, 0.5) is 11.4 Å². The van der Waals surface area contributed by atoms with Gasteiger partial charge >= 0.3 is 0 Å². The maximum Gasteiger partial charge on any atom is 0.175 e. The van der Waals surface area contributed by atoms with Gasteiger partial charge in [-0.15, -0.1) is 0 Å². The summed E-state index contributed by atoms with van der Waals surface area (Å²) in [6.07, 6.45) is 0.978. The van der Waals surface area contributed by atoms with Gasteiger partial charge in [0.05, 0.1) is 0 Å². The SMILES string of the molecule is S=C(Nc1ccc2c(c1)Cc1ccccc1-2)Nc1ccc2ccccc2c1. The minimum absolute atomic E-state index is 0.598. The Bertz CT molecular complexity index is 1180. The standard InChI is InChI=1S/C24H18N2S/c27-24(25-20-10-9-16-5-1-2-6-17(16)14-20)26-21-11-12-23-19(15-21)13-18-7-3-4-8-22(18)23/h1-12,14-15H,13H2,(H2,25,26,27). The zero-order valence-electron chi connectivity index (χ0n) is 14.7. The third-order valence-corrected chi connectivity index (χ3v) is 5.26. The molecular weight excluding hydrogens is 348 g/mol. The lowest BCUT2D eigenvalue weighted by molar-refractivity contribution is 1.26. The predicted octanol–water partition coefficient (Wildman–Crippen LogP) is 6.22. The van der Waals surface area contributed by atoms with Gasteiger partial charge in [-0.25, -0.2) is 0 Å². The van der Waals surface area contributed by atoms with Crippen LogP contribution in [-0.4, -0.2) is 5.11 Å². The average Bonchev–Trinajstić information content (AvgIpc) is 3.05. The first-order valence-corrected chi connectivity index (χ1v) is 9.45. The maximum absolute atomic E-state index is 5.52. The molecule has 3 heteroatoms. The van der Waals surface area contributed by atoms with Crippen LogP contribution in [0.15, 0.2) is 84.9 Å². The number of nitrogens with one attached hydrogen (secondary N) is 2. The molecule has 0 heterocycles. The van der Waals surface area contributed by atoms with Crippen molar-refractivity contribution in [1.82, 2.24) is 0 Å². The molecule has 0 atom stereocenters. The number of hydrogen-bond donors (Lipinski definition) is 2. The van der Waals surface area contributed by atoms with E-state index in [1.807, 2.05) is 12.1 Å². The lowest BCUT2D eigenvalue weighted by atomic mass is 10.1. The van der Waals surface area contributed by atoms with Crippen molar-refractivity contribution in [2.75, 3.05) is 10.6 Å². The number of rotatable bonds is 2. The second-order valence-corrected chi connectivity index (χ2v) is 7.26. The Morgan fingerprint density at radius 3 is 2.19 bits per heavy atom. The summed E-state index contributed by atoms with van der Waals surface area (Å²) >= 11 is 5.52. The average molecular weight is 366 g/mol. The molecule has 0 bridgehead atoms. The molecule has 1 aliphatic rings. The van der Waals surface area contributed by atoms with E-state index >= 15 is 0 Å². The third kappa shape index (κ3) is 3.07. The molecule has 0 saturated heterocycles. The maximum atomic E-state index is 5.52. The molecule has 1 aliphatic carbocycles. The summed E-state index contributed by atoms with van der Waals surface area (Å²) in [5.41, 5.74) is 7.40. The Morgan fingerprint density at radius 1 is 0.630 bits per heavy atom. The fourth-order valence-electron chi connectivity index (χ4n) is 3.78. The summed E-state index contributed by atoms with van der Waals surface area (Å²) in [4.78, 5) is 0. The highest BCUT2D eigenvalue weighted by atomic mass is 32.1. The van der Waals surface area contributed by atoms with Crippen molar-refractivity contribution in [2.24, 2.45) is 0 Å². The van der Waals surface area contributed by atoms with Crippen molar-refractivity contribution in [3.63, 3.8) is 0 Å².